The lowest BCUT2D eigenvalue weighted by Crippen LogP contribution is -2.30. The number of halogens is 4. The molecule has 1 aliphatic rings. The molecule has 0 saturated carbocycles. The van der Waals surface area contributed by atoms with Gasteiger partial charge in [-0.1, -0.05) is 11.6 Å². The Bertz CT molecular complexity index is 1510. The number of nitrogens with zero attached hydrogens (tertiary/aromatic N) is 1. The fourth-order valence-corrected chi connectivity index (χ4v) is 5.30. The Hall–Kier alpha value is -3.97. The number of methoxy groups -OCH3 is 1. The molecule has 0 atom stereocenters. The van der Waals surface area contributed by atoms with Crippen LogP contribution in [0.3, 0.4) is 0 Å². The monoisotopic (exact) mass is 556 g/mol. The van der Waals surface area contributed by atoms with Crippen molar-refractivity contribution < 1.29 is 45.8 Å². The van der Waals surface area contributed by atoms with Crippen LogP contribution in [0.25, 0.3) is 0 Å². The fraction of sp³-hybridized carbons (Fsp3) is 0.130. The summed E-state index contributed by atoms with van der Waals surface area (Å²) in [5.41, 5.74) is -2.34. The number of sulfonamides is 1. The highest BCUT2D eigenvalue weighted by Gasteiger charge is 2.43. The second kappa shape index (κ2) is 9.48. The van der Waals surface area contributed by atoms with Crippen molar-refractivity contribution >= 4 is 44.9 Å². The lowest BCUT2D eigenvalue weighted by atomic mass is 10.1. The zero-order valence-electron chi connectivity index (χ0n) is 18.7. The van der Waals surface area contributed by atoms with Crippen molar-refractivity contribution in [2.75, 3.05) is 23.5 Å². The van der Waals surface area contributed by atoms with E-state index in [9.17, 15) is 31.2 Å². The lowest BCUT2D eigenvalue weighted by Gasteiger charge is -2.20. The number of aromatic carboxylic acids is 1. The second-order valence-corrected chi connectivity index (χ2v) is 9.90. The highest BCUT2D eigenvalue weighted by atomic mass is 35.5. The highest BCUT2D eigenvalue weighted by Crippen LogP contribution is 2.48. The number of ether oxygens (including phenoxy) is 2. The number of carboxylic acids is 1. The first kappa shape index (κ1) is 26.1. The maximum Gasteiger partial charge on any atom is 0.420 e. The summed E-state index contributed by atoms with van der Waals surface area (Å²) >= 11 is 5.94. The van der Waals surface area contributed by atoms with Crippen LogP contribution in [0, 0.1) is 0 Å². The largest absolute Gasteiger partial charge is 0.495 e. The molecule has 0 unspecified atom stereocenters. The predicted octanol–water partition coefficient (Wildman–Crippen LogP) is 4.86. The van der Waals surface area contributed by atoms with E-state index in [2.05, 4.69) is 5.32 Å². The summed E-state index contributed by atoms with van der Waals surface area (Å²) in [6.07, 6.45) is -4.99. The van der Waals surface area contributed by atoms with Gasteiger partial charge in [0, 0.05) is 16.3 Å². The van der Waals surface area contributed by atoms with Crippen LogP contribution in [0.5, 0.6) is 11.5 Å². The van der Waals surface area contributed by atoms with Gasteiger partial charge in [-0.3, -0.25) is 4.79 Å². The molecule has 0 spiro atoms. The summed E-state index contributed by atoms with van der Waals surface area (Å²) < 4.78 is 79.3. The molecule has 9 nitrogen and oxygen atoms in total. The molecule has 0 aliphatic carbocycles. The van der Waals surface area contributed by atoms with Crippen molar-refractivity contribution in [1.82, 2.24) is 0 Å². The summed E-state index contributed by atoms with van der Waals surface area (Å²) in [6.45, 7) is -0.794. The standard InChI is InChI=1S/C23H16ClF3N2O7S/c1-35-18-7-4-14(24)10-19(18)37(33,34)29-11-36-20-16(23(25,26)27)8-13(9-17(20)29)21(30)28-15-5-2-12(3-6-15)22(31)32/h2-10H,11H2,1H3,(H,28,30)(H,31,32). The number of carbonyl (C=O) groups is 2. The van der Waals surface area contributed by atoms with Crippen LogP contribution < -0.4 is 19.1 Å². The molecule has 194 valence electrons. The zero-order chi connectivity index (χ0) is 27.1. The third kappa shape index (κ3) is 5.00. The molecule has 0 saturated heterocycles. The van der Waals surface area contributed by atoms with Crippen molar-refractivity contribution in [1.29, 1.82) is 0 Å². The summed E-state index contributed by atoms with van der Waals surface area (Å²) in [5, 5.41) is 11.4. The van der Waals surface area contributed by atoms with Crippen molar-refractivity contribution in [3.63, 3.8) is 0 Å². The van der Waals surface area contributed by atoms with Gasteiger partial charge in [0.25, 0.3) is 15.9 Å². The molecule has 1 amide bonds. The van der Waals surface area contributed by atoms with E-state index < -0.39 is 62.3 Å². The summed E-state index contributed by atoms with van der Waals surface area (Å²) in [4.78, 5) is 23.4. The van der Waals surface area contributed by atoms with Crippen LogP contribution in [0.1, 0.15) is 26.3 Å². The highest BCUT2D eigenvalue weighted by molar-refractivity contribution is 7.93. The van der Waals surface area contributed by atoms with Crippen LogP contribution in [0.2, 0.25) is 5.02 Å². The summed E-state index contributed by atoms with van der Waals surface area (Å²) in [5.74, 6) is -3.07. The smallest absolute Gasteiger partial charge is 0.420 e. The molecule has 3 aromatic rings. The Morgan fingerprint density at radius 2 is 1.76 bits per heavy atom. The first-order chi connectivity index (χ1) is 17.3. The van der Waals surface area contributed by atoms with Crippen LogP contribution in [0.15, 0.2) is 59.5 Å². The molecule has 0 radical (unpaired) electrons. The summed E-state index contributed by atoms with van der Waals surface area (Å²) in [7, 11) is -3.34. The van der Waals surface area contributed by atoms with E-state index in [0.717, 1.165) is 12.1 Å². The molecule has 0 bridgehead atoms. The van der Waals surface area contributed by atoms with E-state index in [0.29, 0.717) is 10.4 Å². The van der Waals surface area contributed by atoms with E-state index in [1.807, 2.05) is 0 Å². The van der Waals surface area contributed by atoms with Crippen molar-refractivity contribution in [3.8, 4) is 11.5 Å². The molecule has 1 aliphatic heterocycles. The lowest BCUT2D eigenvalue weighted by molar-refractivity contribution is -0.138. The second-order valence-electron chi connectivity index (χ2n) is 7.63. The first-order valence-electron chi connectivity index (χ1n) is 10.2. The average Bonchev–Trinajstić information content (AvgIpc) is 3.28. The van der Waals surface area contributed by atoms with Gasteiger partial charge in [-0.05, 0) is 54.6 Å². The minimum absolute atomic E-state index is 0.0396. The minimum atomic E-state index is -4.99. The third-order valence-electron chi connectivity index (χ3n) is 5.32. The Balaban J connectivity index is 1.78. The number of hydrogen-bond acceptors (Lipinski definition) is 6. The van der Waals surface area contributed by atoms with E-state index in [4.69, 9.17) is 26.2 Å². The number of nitrogens with one attached hydrogen (secondary N) is 1. The number of anilines is 2. The van der Waals surface area contributed by atoms with E-state index in [-0.39, 0.29) is 22.0 Å². The number of alkyl halides is 3. The molecule has 3 aromatic carbocycles. The number of fused-ring (bicyclic) bond motifs is 1. The Morgan fingerprint density at radius 3 is 2.35 bits per heavy atom. The summed E-state index contributed by atoms with van der Waals surface area (Å²) in [6, 6.07) is 10.1. The molecule has 1 heterocycles. The number of rotatable bonds is 6. The van der Waals surface area contributed by atoms with Gasteiger partial charge in [-0.15, -0.1) is 0 Å². The van der Waals surface area contributed by atoms with E-state index in [1.54, 1.807) is 0 Å². The van der Waals surface area contributed by atoms with Crippen molar-refractivity contribution in [2.24, 2.45) is 0 Å². The maximum absolute atomic E-state index is 13.9. The molecule has 0 fully saturated rings. The third-order valence-corrected chi connectivity index (χ3v) is 7.31. The van der Waals surface area contributed by atoms with Crippen molar-refractivity contribution in [2.45, 2.75) is 11.1 Å². The first-order valence-corrected chi connectivity index (χ1v) is 12.0. The van der Waals surface area contributed by atoms with Crippen molar-refractivity contribution in [3.05, 3.63) is 76.3 Å². The number of hydrogen-bond donors (Lipinski definition) is 2. The Kier molecular flexibility index (Phi) is 6.69. The zero-order valence-corrected chi connectivity index (χ0v) is 20.2. The number of carboxylic acid groups (broad SMARTS) is 1. The number of amides is 1. The topological polar surface area (TPSA) is 122 Å². The molecule has 4 rings (SSSR count). The average molecular weight is 557 g/mol. The SMILES string of the molecule is COc1ccc(Cl)cc1S(=O)(=O)N1COc2c1cc(C(=O)Nc1ccc(C(=O)O)cc1)cc2C(F)(F)F. The van der Waals surface area contributed by atoms with Gasteiger partial charge < -0.3 is 19.9 Å². The Morgan fingerprint density at radius 1 is 1.08 bits per heavy atom. The van der Waals surface area contributed by atoms with E-state index in [1.165, 1.54) is 43.5 Å². The Labute approximate surface area is 213 Å². The van der Waals surface area contributed by atoms with Gasteiger partial charge in [0.15, 0.2) is 12.5 Å². The maximum atomic E-state index is 13.9. The molecule has 14 heteroatoms. The fourth-order valence-electron chi connectivity index (χ4n) is 3.55. The van der Waals surface area contributed by atoms with Crippen LogP contribution >= 0.6 is 11.6 Å². The quantitative estimate of drug-likeness (QED) is 0.444. The molecular weight excluding hydrogens is 541 g/mol. The van der Waals surface area contributed by atoms with Gasteiger partial charge in [0.05, 0.1) is 18.4 Å². The molecule has 37 heavy (non-hydrogen) atoms. The van der Waals surface area contributed by atoms with Gasteiger partial charge in [0.1, 0.15) is 16.2 Å². The molecule has 0 aromatic heterocycles. The van der Waals surface area contributed by atoms with Crippen LogP contribution in [0.4, 0.5) is 24.5 Å². The normalized spacial score (nSPS) is 13.1. The van der Waals surface area contributed by atoms with Crippen LogP contribution in [-0.4, -0.2) is 39.2 Å². The van der Waals surface area contributed by atoms with Gasteiger partial charge in [0.2, 0.25) is 0 Å². The predicted molar refractivity (Wildman–Crippen MR) is 126 cm³/mol. The molecule has 2 N–H and O–H groups in total. The minimum Gasteiger partial charge on any atom is -0.495 e. The number of carbonyl (C=O) groups excluding carboxylic acids is 1. The molecular formula is C23H16ClF3N2O7S. The van der Waals surface area contributed by atoms with Gasteiger partial charge >= 0.3 is 12.1 Å². The van der Waals surface area contributed by atoms with Gasteiger partial charge in [-0.2, -0.15) is 13.2 Å². The number of benzene rings is 3. The van der Waals surface area contributed by atoms with Crippen LogP contribution in [-0.2, 0) is 16.2 Å². The van der Waals surface area contributed by atoms with E-state index >= 15 is 0 Å². The van der Waals surface area contributed by atoms with Gasteiger partial charge in [-0.25, -0.2) is 17.5 Å².